The van der Waals surface area contributed by atoms with Gasteiger partial charge >= 0.3 is 5.97 Å². The number of ether oxygens (including phenoxy) is 1. The maximum Gasteiger partial charge on any atom is 0.348 e. The van der Waals surface area contributed by atoms with Gasteiger partial charge in [-0.15, -0.1) is 11.3 Å². The summed E-state index contributed by atoms with van der Waals surface area (Å²) in [6, 6.07) is 1.91. The molecule has 2 aromatic rings. The van der Waals surface area contributed by atoms with Gasteiger partial charge in [-0.05, 0) is 25.5 Å². The molecule has 2 rings (SSSR count). The molecule has 2 heterocycles. The Balaban J connectivity index is 0.000000686. The second kappa shape index (κ2) is 6.35. The van der Waals surface area contributed by atoms with Gasteiger partial charge in [0.1, 0.15) is 4.88 Å². The van der Waals surface area contributed by atoms with Gasteiger partial charge in [0.25, 0.3) is 0 Å². The van der Waals surface area contributed by atoms with Crippen LogP contribution in [0.5, 0.6) is 0 Å². The van der Waals surface area contributed by atoms with Gasteiger partial charge in [-0.25, -0.2) is 4.79 Å². The molecule has 0 saturated heterocycles. The molecule has 0 amide bonds. The number of rotatable bonds is 2. The van der Waals surface area contributed by atoms with Crippen molar-refractivity contribution in [3.8, 4) is 0 Å². The zero-order valence-electron chi connectivity index (χ0n) is 10.6. The van der Waals surface area contributed by atoms with E-state index >= 15 is 0 Å². The lowest BCUT2D eigenvalue weighted by Crippen LogP contribution is -2.03. The van der Waals surface area contributed by atoms with Crippen molar-refractivity contribution in [2.24, 2.45) is 0 Å². The van der Waals surface area contributed by atoms with Crippen LogP contribution in [-0.2, 0) is 4.74 Å². The lowest BCUT2D eigenvalue weighted by Gasteiger charge is -1.98. The molecule has 3 nitrogen and oxygen atoms in total. The molecule has 0 aromatic carbocycles. The average Bonchev–Trinajstić information content (AvgIpc) is 2.70. The van der Waals surface area contributed by atoms with Crippen molar-refractivity contribution in [1.82, 2.24) is 4.98 Å². The molecule has 0 saturated carbocycles. The molecular weight excluding hydrogens is 234 g/mol. The van der Waals surface area contributed by atoms with Gasteiger partial charge < -0.3 is 4.74 Å². The number of aromatic nitrogens is 1. The zero-order valence-corrected chi connectivity index (χ0v) is 11.4. The number of carbonyl (C=O) groups is 1. The maximum atomic E-state index is 11.6. The van der Waals surface area contributed by atoms with Crippen LogP contribution in [0.4, 0.5) is 0 Å². The average molecular weight is 251 g/mol. The van der Waals surface area contributed by atoms with Gasteiger partial charge in [-0.3, -0.25) is 4.98 Å². The van der Waals surface area contributed by atoms with E-state index < -0.39 is 0 Å². The van der Waals surface area contributed by atoms with Gasteiger partial charge in [0.15, 0.2) is 0 Å². The predicted octanol–water partition coefficient (Wildman–Crippen LogP) is 3.81. The maximum absolute atomic E-state index is 11.6. The van der Waals surface area contributed by atoms with Gasteiger partial charge in [0.05, 0.1) is 6.61 Å². The molecule has 0 N–H and O–H groups in total. The number of hydrogen-bond acceptors (Lipinski definition) is 4. The van der Waals surface area contributed by atoms with E-state index in [1.54, 1.807) is 12.4 Å². The number of carbonyl (C=O) groups excluding carboxylic acids is 1. The Labute approximate surface area is 105 Å². The predicted molar refractivity (Wildman–Crippen MR) is 71.7 cm³/mol. The highest BCUT2D eigenvalue weighted by atomic mass is 32.1. The van der Waals surface area contributed by atoms with E-state index in [0.29, 0.717) is 11.5 Å². The molecule has 4 heteroatoms. The van der Waals surface area contributed by atoms with Crippen molar-refractivity contribution in [2.75, 3.05) is 6.61 Å². The fraction of sp³-hybridized carbons (Fsp3) is 0.385. The largest absolute Gasteiger partial charge is 0.462 e. The van der Waals surface area contributed by atoms with E-state index in [0.717, 1.165) is 15.6 Å². The Morgan fingerprint density at radius 3 is 2.76 bits per heavy atom. The number of aryl methyl sites for hydroxylation is 1. The molecular formula is C13H17NO2S. The van der Waals surface area contributed by atoms with Crippen LogP contribution in [0, 0.1) is 6.92 Å². The number of esters is 1. The summed E-state index contributed by atoms with van der Waals surface area (Å²) in [5.74, 6) is -0.240. The number of pyridine rings is 1. The van der Waals surface area contributed by atoms with Crippen LogP contribution >= 0.6 is 11.3 Å². The highest BCUT2D eigenvalue weighted by Gasteiger charge is 2.15. The van der Waals surface area contributed by atoms with Gasteiger partial charge in [-0.1, -0.05) is 13.8 Å². The second-order valence-corrected chi connectivity index (χ2v) is 4.20. The van der Waals surface area contributed by atoms with Crippen LogP contribution in [0.25, 0.3) is 10.1 Å². The monoisotopic (exact) mass is 251 g/mol. The summed E-state index contributed by atoms with van der Waals surface area (Å²) in [6.45, 7) is 8.14. The summed E-state index contributed by atoms with van der Waals surface area (Å²) >= 11 is 1.46. The minimum Gasteiger partial charge on any atom is -0.462 e. The first kappa shape index (κ1) is 13.6. The summed E-state index contributed by atoms with van der Waals surface area (Å²) < 4.78 is 6.06. The lowest BCUT2D eigenvalue weighted by atomic mass is 10.2. The minimum atomic E-state index is -0.240. The Morgan fingerprint density at radius 2 is 2.18 bits per heavy atom. The molecule has 17 heavy (non-hydrogen) atoms. The quantitative estimate of drug-likeness (QED) is 0.762. The molecule has 0 unspecified atom stereocenters. The summed E-state index contributed by atoms with van der Waals surface area (Å²) in [6.07, 6.45) is 3.51. The van der Waals surface area contributed by atoms with E-state index in [1.165, 1.54) is 11.3 Å². The van der Waals surface area contributed by atoms with Crippen LogP contribution in [0.1, 0.15) is 36.0 Å². The van der Waals surface area contributed by atoms with Crippen molar-refractivity contribution in [3.05, 3.63) is 28.9 Å². The van der Waals surface area contributed by atoms with Crippen LogP contribution in [0.3, 0.4) is 0 Å². The van der Waals surface area contributed by atoms with Gasteiger partial charge in [0, 0.05) is 22.5 Å². The molecule has 0 aliphatic heterocycles. The number of hydrogen-bond donors (Lipinski definition) is 0. The van der Waals surface area contributed by atoms with Crippen LogP contribution < -0.4 is 0 Å². The number of nitrogens with zero attached hydrogens (tertiary/aromatic N) is 1. The third-order valence-corrected chi connectivity index (χ3v) is 3.45. The molecule has 0 radical (unpaired) electrons. The van der Waals surface area contributed by atoms with Gasteiger partial charge in [0.2, 0.25) is 0 Å². The fourth-order valence-corrected chi connectivity index (χ4v) is 2.52. The number of thiophene rings is 1. The van der Waals surface area contributed by atoms with E-state index in [4.69, 9.17) is 4.74 Å². The van der Waals surface area contributed by atoms with E-state index in [2.05, 4.69) is 4.98 Å². The van der Waals surface area contributed by atoms with E-state index in [1.807, 2.05) is 33.8 Å². The molecule has 92 valence electrons. The lowest BCUT2D eigenvalue weighted by molar-refractivity contribution is 0.0531. The molecule has 2 aromatic heterocycles. The van der Waals surface area contributed by atoms with Crippen molar-refractivity contribution in [2.45, 2.75) is 27.7 Å². The topological polar surface area (TPSA) is 39.2 Å². The van der Waals surface area contributed by atoms with E-state index in [9.17, 15) is 4.79 Å². The molecule has 0 fully saturated rings. The third kappa shape index (κ3) is 2.82. The Morgan fingerprint density at radius 1 is 1.47 bits per heavy atom. The SMILES string of the molecule is CC.CCOC(=O)c1sc2ccncc2c1C. The van der Waals surface area contributed by atoms with Gasteiger partial charge in [-0.2, -0.15) is 0 Å². The van der Waals surface area contributed by atoms with E-state index in [-0.39, 0.29) is 5.97 Å². The third-order valence-electron chi connectivity index (χ3n) is 2.20. The molecule has 0 spiro atoms. The Hall–Kier alpha value is -1.42. The van der Waals surface area contributed by atoms with Crippen molar-refractivity contribution in [1.29, 1.82) is 0 Å². The van der Waals surface area contributed by atoms with Crippen LogP contribution in [0.15, 0.2) is 18.5 Å². The molecule has 0 atom stereocenters. The smallest absolute Gasteiger partial charge is 0.348 e. The molecule has 0 aliphatic rings. The Bertz CT molecular complexity index is 505. The summed E-state index contributed by atoms with van der Waals surface area (Å²) in [4.78, 5) is 16.3. The highest BCUT2D eigenvalue weighted by molar-refractivity contribution is 7.21. The first-order chi connectivity index (χ1) is 8.24. The zero-order chi connectivity index (χ0) is 12.8. The number of fused-ring (bicyclic) bond motifs is 1. The summed E-state index contributed by atoms with van der Waals surface area (Å²) in [7, 11) is 0. The molecule has 0 aliphatic carbocycles. The normalized spacial score (nSPS) is 9.65. The fourth-order valence-electron chi connectivity index (χ4n) is 1.45. The second-order valence-electron chi connectivity index (χ2n) is 3.15. The highest BCUT2D eigenvalue weighted by Crippen LogP contribution is 2.30. The van der Waals surface area contributed by atoms with Crippen molar-refractivity contribution < 1.29 is 9.53 Å². The first-order valence-corrected chi connectivity index (χ1v) is 6.56. The summed E-state index contributed by atoms with van der Waals surface area (Å²) in [5.41, 5.74) is 0.960. The van der Waals surface area contributed by atoms with Crippen LogP contribution in [0.2, 0.25) is 0 Å². The first-order valence-electron chi connectivity index (χ1n) is 5.74. The van der Waals surface area contributed by atoms with Crippen molar-refractivity contribution in [3.63, 3.8) is 0 Å². The van der Waals surface area contributed by atoms with Crippen molar-refractivity contribution >= 4 is 27.4 Å². The summed E-state index contributed by atoms with van der Waals surface area (Å²) in [5, 5.41) is 1.03. The Kier molecular flexibility index (Phi) is 5.10. The van der Waals surface area contributed by atoms with Crippen LogP contribution in [-0.4, -0.2) is 17.6 Å². The minimum absolute atomic E-state index is 0.240. The standard InChI is InChI=1S/C11H11NO2S.C2H6/c1-3-14-11(13)10-7(2)8-6-12-5-4-9(8)15-10;1-2/h4-6H,3H2,1-2H3;1-2H3. The molecule has 0 bridgehead atoms.